The van der Waals surface area contributed by atoms with Gasteiger partial charge >= 0.3 is 0 Å². The van der Waals surface area contributed by atoms with Crippen molar-refractivity contribution in [3.8, 4) is 0 Å². The van der Waals surface area contributed by atoms with Gasteiger partial charge in [0.25, 0.3) is 0 Å². The summed E-state index contributed by atoms with van der Waals surface area (Å²) in [6, 6.07) is 3.30. The second-order valence-corrected chi connectivity index (χ2v) is 8.29. The fraction of sp³-hybridized carbons (Fsp3) is 0.538. The fourth-order valence-electron chi connectivity index (χ4n) is 2.24. The molecule has 6 heteroatoms. The molecule has 0 amide bonds. The third kappa shape index (κ3) is 3.12. The first-order valence-corrected chi connectivity index (χ1v) is 8.51. The summed E-state index contributed by atoms with van der Waals surface area (Å²) >= 11 is 3.29. The highest BCUT2D eigenvalue weighted by Gasteiger charge is 2.41. The number of sulfonamides is 1. The third-order valence-corrected chi connectivity index (χ3v) is 5.91. The molecule has 1 fully saturated rings. The standard InChI is InChI=1S/C13H19BrN2O2S/c1-8-11(15)6-10(14)7-12(8)19(17,18)16-13(2,3)9-4-5-9/h6-7,9,16H,4-5,15H2,1-3H3. The van der Waals surface area contributed by atoms with E-state index in [0.717, 1.165) is 12.8 Å². The molecule has 1 saturated carbocycles. The summed E-state index contributed by atoms with van der Waals surface area (Å²) in [6.07, 6.45) is 2.16. The first-order chi connectivity index (χ1) is 8.63. The lowest BCUT2D eigenvalue weighted by Crippen LogP contribution is -2.45. The number of anilines is 1. The Kier molecular flexibility index (Phi) is 3.70. The molecule has 3 N–H and O–H groups in total. The molecule has 0 spiro atoms. The lowest BCUT2D eigenvalue weighted by molar-refractivity contribution is 0.400. The molecule has 19 heavy (non-hydrogen) atoms. The molecule has 0 bridgehead atoms. The molecule has 1 aromatic rings. The van der Waals surface area contributed by atoms with E-state index in [1.165, 1.54) is 0 Å². The first kappa shape index (κ1) is 14.8. The quantitative estimate of drug-likeness (QED) is 0.823. The number of nitrogens with one attached hydrogen (secondary N) is 1. The van der Waals surface area contributed by atoms with Crippen LogP contribution in [0.2, 0.25) is 0 Å². The Morgan fingerprint density at radius 3 is 2.47 bits per heavy atom. The van der Waals surface area contributed by atoms with Gasteiger partial charge in [-0.1, -0.05) is 15.9 Å². The number of hydrogen-bond donors (Lipinski definition) is 2. The average molecular weight is 347 g/mol. The molecule has 0 aliphatic heterocycles. The zero-order valence-corrected chi connectivity index (χ0v) is 13.7. The van der Waals surface area contributed by atoms with Gasteiger partial charge in [0.2, 0.25) is 10.0 Å². The van der Waals surface area contributed by atoms with Crippen LogP contribution in [0.25, 0.3) is 0 Å². The number of nitrogens with two attached hydrogens (primary N) is 1. The lowest BCUT2D eigenvalue weighted by Gasteiger charge is -2.26. The minimum Gasteiger partial charge on any atom is -0.398 e. The van der Waals surface area contributed by atoms with Gasteiger partial charge in [-0.15, -0.1) is 0 Å². The van der Waals surface area contributed by atoms with Gasteiger partial charge in [-0.05, 0) is 57.2 Å². The highest BCUT2D eigenvalue weighted by molar-refractivity contribution is 9.10. The van der Waals surface area contributed by atoms with Crippen LogP contribution in [-0.2, 0) is 10.0 Å². The van der Waals surface area contributed by atoms with E-state index < -0.39 is 15.6 Å². The van der Waals surface area contributed by atoms with Gasteiger partial charge in [-0.2, -0.15) is 0 Å². The maximum atomic E-state index is 12.5. The zero-order valence-electron chi connectivity index (χ0n) is 11.3. The summed E-state index contributed by atoms with van der Waals surface area (Å²) in [7, 11) is -3.56. The molecule has 106 valence electrons. The highest BCUT2D eigenvalue weighted by atomic mass is 79.9. The molecular weight excluding hydrogens is 328 g/mol. The minimum absolute atomic E-state index is 0.244. The van der Waals surface area contributed by atoms with Crippen molar-refractivity contribution < 1.29 is 8.42 Å². The Morgan fingerprint density at radius 1 is 1.37 bits per heavy atom. The number of hydrogen-bond acceptors (Lipinski definition) is 3. The minimum atomic E-state index is -3.56. The summed E-state index contributed by atoms with van der Waals surface area (Å²) < 4.78 is 28.5. The Labute approximate surface area is 122 Å². The van der Waals surface area contributed by atoms with Crippen LogP contribution in [0, 0.1) is 12.8 Å². The van der Waals surface area contributed by atoms with Crippen molar-refractivity contribution in [2.24, 2.45) is 5.92 Å². The molecule has 0 atom stereocenters. The van der Waals surface area contributed by atoms with E-state index in [-0.39, 0.29) is 4.90 Å². The predicted molar refractivity (Wildman–Crippen MR) is 80.4 cm³/mol. The Balaban J connectivity index is 2.39. The van der Waals surface area contributed by atoms with Crippen molar-refractivity contribution in [1.29, 1.82) is 0 Å². The van der Waals surface area contributed by atoms with Crippen molar-refractivity contribution in [2.45, 2.75) is 44.0 Å². The molecule has 1 aliphatic carbocycles. The van der Waals surface area contributed by atoms with Gasteiger partial charge < -0.3 is 5.73 Å². The van der Waals surface area contributed by atoms with Crippen molar-refractivity contribution in [1.82, 2.24) is 4.72 Å². The van der Waals surface area contributed by atoms with E-state index in [9.17, 15) is 8.42 Å². The van der Waals surface area contributed by atoms with Gasteiger partial charge in [0.05, 0.1) is 4.90 Å². The number of halogens is 1. The molecule has 0 radical (unpaired) electrons. The van der Waals surface area contributed by atoms with Crippen LogP contribution in [0.3, 0.4) is 0 Å². The van der Waals surface area contributed by atoms with E-state index in [4.69, 9.17) is 5.73 Å². The van der Waals surface area contributed by atoms with Crippen LogP contribution in [0.15, 0.2) is 21.5 Å². The Bertz CT molecular complexity index is 607. The average Bonchev–Trinajstić information content (AvgIpc) is 3.05. The Hall–Kier alpha value is -0.590. The summed E-state index contributed by atoms with van der Waals surface area (Å²) in [6.45, 7) is 5.58. The summed E-state index contributed by atoms with van der Waals surface area (Å²) in [5.74, 6) is 0.423. The maximum Gasteiger partial charge on any atom is 0.241 e. The molecule has 0 saturated heterocycles. The second-order valence-electron chi connectivity index (χ2n) is 5.72. The molecule has 0 heterocycles. The van der Waals surface area contributed by atoms with Crippen LogP contribution in [0.1, 0.15) is 32.3 Å². The van der Waals surface area contributed by atoms with E-state index in [1.54, 1.807) is 19.1 Å². The van der Waals surface area contributed by atoms with E-state index in [1.807, 2.05) is 13.8 Å². The third-order valence-electron chi connectivity index (χ3n) is 3.65. The monoisotopic (exact) mass is 346 g/mol. The van der Waals surface area contributed by atoms with E-state index in [2.05, 4.69) is 20.7 Å². The van der Waals surface area contributed by atoms with Gasteiger partial charge in [0, 0.05) is 15.7 Å². The van der Waals surface area contributed by atoms with Crippen molar-refractivity contribution >= 4 is 31.6 Å². The van der Waals surface area contributed by atoms with Gasteiger partial charge in [0.1, 0.15) is 0 Å². The lowest BCUT2D eigenvalue weighted by atomic mass is 10.0. The van der Waals surface area contributed by atoms with Crippen LogP contribution in [-0.4, -0.2) is 14.0 Å². The van der Waals surface area contributed by atoms with Crippen molar-refractivity contribution in [2.75, 3.05) is 5.73 Å². The van der Waals surface area contributed by atoms with Gasteiger partial charge in [-0.3, -0.25) is 0 Å². The van der Waals surface area contributed by atoms with E-state index >= 15 is 0 Å². The van der Waals surface area contributed by atoms with Gasteiger partial charge in [-0.25, -0.2) is 13.1 Å². The number of benzene rings is 1. The molecule has 1 aliphatic rings. The molecule has 1 aromatic carbocycles. The van der Waals surface area contributed by atoms with Crippen molar-refractivity contribution in [3.63, 3.8) is 0 Å². The van der Waals surface area contributed by atoms with Crippen LogP contribution in [0.5, 0.6) is 0 Å². The molecule has 0 aromatic heterocycles. The molecule has 4 nitrogen and oxygen atoms in total. The zero-order chi connectivity index (χ0) is 14.4. The highest BCUT2D eigenvalue weighted by Crippen LogP contribution is 2.40. The molecule has 2 rings (SSSR count). The number of nitrogen functional groups attached to an aromatic ring is 1. The molecule has 0 unspecified atom stereocenters. The first-order valence-electron chi connectivity index (χ1n) is 6.23. The molecular formula is C13H19BrN2O2S. The second kappa shape index (κ2) is 4.75. The van der Waals surface area contributed by atoms with Crippen LogP contribution >= 0.6 is 15.9 Å². The summed E-state index contributed by atoms with van der Waals surface area (Å²) in [5, 5.41) is 0. The fourth-order valence-corrected chi connectivity index (χ4v) is 4.64. The number of rotatable bonds is 4. The maximum absolute atomic E-state index is 12.5. The van der Waals surface area contributed by atoms with Gasteiger partial charge in [0.15, 0.2) is 0 Å². The Morgan fingerprint density at radius 2 is 1.95 bits per heavy atom. The predicted octanol–water partition coefficient (Wildman–Crippen LogP) is 2.81. The topological polar surface area (TPSA) is 72.2 Å². The normalized spacial score (nSPS) is 16.6. The van der Waals surface area contributed by atoms with E-state index in [0.29, 0.717) is 21.6 Å². The summed E-state index contributed by atoms with van der Waals surface area (Å²) in [4.78, 5) is 0.244. The van der Waals surface area contributed by atoms with Crippen LogP contribution < -0.4 is 10.5 Å². The van der Waals surface area contributed by atoms with Crippen LogP contribution in [0.4, 0.5) is 5.69 Å². The summed E-state index contributed by atoms with van der Waals surface area (Å²) in [5.41, 5.74) is 6.47. The smallest absolute Gasteiger partial charge is 0.241 e. The van der Waals surface area contributed by atoms with Crippen molar-refractivity contribution in [3.05, 3.63) is 22.2 Å². The SMILES string of the molecule is Cc1c(N)cc(Br)cc1S(=O)(=O)NC(C)(C)C1CC1. The largest absolute Gasteiger partial charge is 0.398 e.